The van der Waals surface area contributed by atoms with Crippen LogP contribution in [0.5, 0.6) is 0 Å². The molecule has 4 rings (SSSR count). The van der Waals surface area contributed by atoms with Crippen LogP contribution in [0.25, 0.3) is 0 Å². The quantitative estimate of drug-likeness (QED) is 0.669. The normalized spacial score (nSPS) is 13.8. The van der Waals surface area contributed by atoms with Gasteiger partial charge in [0.1, 0.15) is 0 Å². The maximum Gasteiger partial charge on any atom is 0.258 e. The fourth-order valence-corrected chi connectivity index (χ4v) is 4.79. The first-order valence-electron chi connectivity index (χ1n) is 8.98. The smallest absolute Gasteiger partial charge is 0.258 e. The van der Waals surface area contributed by atoms with Crippen LogP contribution < -0.4 is 10.6 Å². The van der Waals surface area contributed by atoms with E-state index in [1.165, 1.54) is 22.7 Å². The molecule has 2 aromatic heterocycles. The Morgan fingerprint density at radius 1 is 1.21 bits per heavy atom. The van der Waals surface area contributed by atoms with Crippen molar-refractivity contribution in [3.63, 3.8) is 0 Å². The number of nitrogens with zero attached hydrogens (tertiary/aromatic N) is 2. The Kier molecular flexibility index (Phi) is 5.52. The van der Waals surface area contributed by atoms with Crippen molar-refractivity contribution in [1.29, 1.82) is 0 Å². The largest absolute Gasteiger partial charge is 0.325 e. The SMILES string of the molecule is Cc1ccccc1NC(=O)CN1CCc2nc(NC(=O)c3ccsc3)sc2C1. The standard InChI is InChI=1S/C20H20N4O2S2/c1-13-4-2-3-5-15(13)21-18(25)11-24-8-6-16-17(10-24)28-20(22-16)23-19(26)14-7-9-27-12-14/h2-5,7,9,12H,6,8,10-11H2,1H3,(H,21,25)(H,22,23,26). The molecule has 2 amide bonds. The van der Waals surface area contributed by atoms with Gasteiger partial charge >= 0.3 is 0 Å². The van der Waals surface area contributed by atoms with Crippen LogP contribution in [0.2, 0.25) is 0 Å². The number of benzene rings is 1. The third-order valence-electron chi connectivity index (χ3n) is 4.60. The summed E-state index contributed by atoms with van der Waals surface area (Å²) < 4.78 is 0. The first kappa shape index (κ1) is 18.8. The lowest BCUT2D eigenvalue weighted by Crippen LogP contribution is -2.36. The Hall–Kier alpha value is -2.55. The van der Waals surface area contributed by atoms with Crippen LogP contribution in [0, 0.1) is 6.92 Å². The molecule has 3 heterocycles. The Morgan fingerprint density at radius 3 is 2.86 bits per heavy atom. The van der Waals surface area contributed by atoms with E-state index in [9.17, 15) is 9.59 Å². The lowest BCUT2D eigenvalue weighted by molar-refractivity contribution is -0.117. The molecule has 8 heteroatoms. The number of aryl methyl sites for hydroxylation is 1. The van der Waals surface area contributed by atoms with Gasteiger partial charge in [0.05, 0.1) is 17.8 Å². The zero-order chi connectivity index (χ0) is 19.5. The number of rotatable bonds is 5. The number of thiazole rings is 1. The van der Waals surface area contributed by atoms with Gasteiger partial charge in [-0.05, 0) is 30.0 Å². The molecular weight excluding hydrogens is 392 g/mol. The highest BCUT2D eigenvalue weighted by Gasteiger charge is 2.23. The molecule has 0 unspecified atom stereocenters. The first-order valence-corrected chi connectivity index (χ1v) is 10.7. The Morgan fingerprint density at radius 2 is 2.07 bits per heavy atom. The highest BCUT2D eigenvalue weighted by molar-refractivity contribution is 7.16. The molecule has 0 spiro atoms. The molecule has 3 aromatic rings. The predicted octanol–water partition coefficient (Wildman–Crippen LogP) is 3.76. The van der Waals surface area contributed by atoms with Crippen molar-refractivity contribution in [3.05, 3.63) is 62.8 Å². The van der Waals surface area contributed by atoms with Crippen LogP contribution in [0.1, 0.15) is 26.5 Å². The molecule has 0 fully saturated rings. The van der Waals surface area contributed by atoms with Gasteiger partial charge in [-0.2, -0.15) is 11.3 Å². The van der Waals surface area contributed by atoms with Crippen LogP contribution in [-0.2, 0) is 17.8 Å². The monoisotopic (exact) mass is 412 g/mol. The van der Waals surface area contributed by atoms with Gasteiger partial charge < -0.3 is 5.32 Å². The Balaban J connectivity index is 1.35. The van der Waals surface area contributed by atoms with Gasteiger partial charge in [-0.1, -0.05) is 18.2 Å². The summed E-state index contributed by atoms with van der Waals surface area (Å²) in [7, 11) is 0. The van der Waals surface area contributed by atoms with Gasteiger partial charge in [0.25, 0.3) is 5.91 Å². The Bertz CT molecular complexity index is 998. The number of carbonyl (C=O) groups is 2. The van der Waals surface area contributed by atoms with Gasteiger partial charge in [-0.15, -0.1) is 11.3 Å². The number of anilines is 2. The molecule has 0 aliphatic carbocycles. The summed E-state index contributed by atoms with van der Waals surface area (Å²) in [5, 5.41) is 10.2. The van der Waals surface area contributed by atoms with E-state index in [-0.39, 0.29) is 11.8 Å². The van der Waals surface area contributed by atoms with Crippen molar-refractivity contribution >= 4 is 45.3 Å². The summed E-state index contributed by atoms with van der Waals surface area (Å²) in [6.07, 6.45) is 0.776. The average Bonchev–Trinajstić information content (AvgIpc) is 3.32. The lowest BCUT2D eigenvalue weighted by Gasteiger charge is -2.25. The molecule has 28 heavy (non-hydrogen) atoms. The second-order valence-corrected chi connectivity index (χ2v) is 8.54. The van der Waals surface area contributed by atoms with Crippen LogP contribution in [0.15, 0.2) is 41.1 Å². The molecule has 0 bridgehead atoms. The minimum atomic E-state index is -0.137. The third kappa shape index (κ3) is 4.30. The minimum absolute atomic E-state index is 0.0201. The summed E-state index contributed by atoms with van der Waals surface area (Å²) in [6.45, 7) is 3.76. The van der Waals surface area contributed by atoms with Crippen LogP contribution in [0.3, 0.4) is 0 Å². The molecule has 1 aliphatic rings. The van der Waals surface area contributed by atoms with Crippen molar-refractivity contribution in [2.75, 3.05) is 23.7 Å². The van der Waals surface area contributed by atoms with Gasteiger partial charge in [0.15, 0.2) is 5.13 Å². The van der Waals surface area contributed by atoms with Crippen LogP contribution in [0.4, 0.5) is 10.8 Å². The number of aromatic nitrogens is 1. The maximum atomic E-state index is 12.4. The number of carbonyl (C=O) groups excluding carboxylic acids is 2. The summed E-state index contributed by atoms with van der Waals surface area (Å²) in [5.74, 6) is -0.157. The number of fused-ring (bicyclic) bond motifs is 1. The summed E-state index contributed by atoms with van der Waals surface area (Å²) in [5.41, 5.74) is 3.56. The number of hydrogen-bond donors (Lipinski definition) is 2. The second-order valence-electron chi connectivity index (χ2n) is 6.68. The van der Waals surface area contributed by atoms with Gasteiger partial charge in [-0.25, -0.2) is 4.98 Å². The number of nitrogens with one attached hydrogen (secondary N) is 2. The number of thiophene rings is 1. The van der Waals surface area contributed by atoms with Crippen LogP contribution in [-0.4, -0.2) is 34.8 Å². The lowest BCUT2D eigenvalue weighted by atomic mass is 10.1. The molecule has 2 N–H and O–H groups in total. The van der Waals surface area contributed by atoms with E-state index in [0.29, 0.717) is 23.8 Å². The maximum absolute atomic E-state index is 12.4. The molecule has 0 saturated heterocycles. The van der Waals surface area contributed by atoms with Crippen molar-refractivity contribution in [2.24, 2.45) is 0 Å². The van der Waals surface area contributed by atoms with E-state index in [1.807, 2.05) is 41.9 Å². The molecule has 1 aromatic carbocycles. The van der Waals surface area contributed by atoms with Gasteiger partial charge in [0.2, 0.25) is 5.91 Å². The van der Waals surface area contributed by atoms with Crippen molar-refractivity contribution in [3.8, 4) is 0 Å². The van der Waals surface area contributed by atoms with E-state index in [2.05, 4.69) is 20.5 Å². The zero-order valence-corrected chi connectivity index (χ0v) is 17.0. The van der Waals surface area contributed by atoms with E-state index in [4.69, 9.17) is 0 Å². The summed E-state index contributed by atoms with van der Waals surface area (Å²) >= 11 is 2.98. The fraction of sp³-hybridized carbons (Fsp3) is 0.250. The molecule has 1 aliphatic heterocycles. The van der Waals surface area contributed by atoms with Crippen molar-refractivity contribution < 1.29 is 9.59 Å². The van der Waals surface area contributed by atoms with Crippen molar-refractivity contribution in [2.45, 2.75) is 19.9 Å². The van der Waals surface area contributed by atoms with E-state index < -0.39 is 0 Å². The molecule has 144 valence electrons. The molecule has 6 nitrogen and oxygen atoms in total. The van der Waals surface area contributed by atoms with Crippen LogP contribution >= 0.6 is 22.7 Å². The number of para-hydroxylation sites is 1. The van der Waals surface area contributed by atoms with E-state index in [1.54, 1.807) is 6.07 Å². The Labute approximate surface area is 171 Å². The average molecular weight is 413 g/mol. The topological polar surface area (TPSA) is 74.3 Å². The van der Waals surface area contributed by atoms with Crippen molar-refractivity contribution in [1.82, 2.24) is 9.88 Å². The molecule has 0 atom stereocenters. The summed E-state index contributed by atoms with van der Waals surface area (Å²) in [4.78, 5) is 32.4. The number of amides is 2. The minimum Gasteiger partial charge on any atom is -0.325 e. The fourth-order valence-electron chi connectivity index (χ4n) is 3.11. The first-order chi connectivity index (χ1) is 13.6. The summed E-state index contributed by atoms with van der Waals surface area (Å²) in [6, 6.07) is 9.55. The third-order valence-corrected chi connectivity index (χ3v) is 6.28. The van der Waals surface area contributed by atoms with Gasteiger partial charge in [-0.3, -0.25) is 19.8 Å². The molecular formula is C20H20N4O2S2. The van der Waals surface area contributed by atoms with E-state index in [0.717, 1.165) is 34.8 Å². The second kappa shape index (κ2) is 8.22. The highest BCUT2D eigenvalue weighted by Crippen LogP contribution is 2.28. The predicted molar refractivity (Wildman–Crippen MR) is 113 cm³/mol. The number of hydrogen-bond acceptors (Lipinski definition) is 6. The van der Waals surface area contributed by atoms with E-state index >= 15 is 0 Å². The van der Waals surface area contributed by atoms with Gasteiger partial charge in [0, 0.05) is 35.5 Å². The molecule has 0 saturated carbocycles. The highest BCUT2D eigenvalue weighted by atomic mass is 32.1. The molecule has 0 radical (unpaired) electrons. The zero-order valence-electron chi connectivity index (χ0n) is 15.4.